The van der Waals surface area contributed by atoms with Crippen molar-refractivity contribution < 1.29 is 4.79 Å². The molecule has 0 aliphatic rings. The second-order valence-electron chi connectivity index (χ2n) is 6.54. The van der Waals surface area contributed by atoms with Gasteiger partial charge in [-0.3, -0.25) is 4.79 Å². The summed E-state index contributed by atoms with van der Waals surface area (Å²) in [6.07, 6.45) is 0.462. The summed E-state index contributed by atoms with van der Waals surface area (Å²) in [4.78, 5) is 14.5. The first kappa shape index (κ1) is 17.6. The molecule has 116 valence electrons. The molecule has 0 aromatic heterocycles. The fourth-order valence-electron chi connectivity index (χ4n) is 2.15. The van der Waals surface area contributed by atoms with Gasteiger partial charge >= 0.3 is 0 Å². The molecule has 1 amide bonds. The van der Waals surface area contributed by atoms with Crippen LogP contribution in [0.15, 0.2) is 24.3 Å². The van der Waals surface area contributed by atoms with Crippen LogP contribution in [0.25, 0.3) is 0 Å². The third-order valence-electron chi connectivity index (χ3n) is 2.90. The van der Waals surface area contributed by atoms with Crippen LogP contribution in [0.2, 0.25) is 0 Å². The lowest BCUT2D eigenvalue weighted by molar-refractivity contribution is -0.116. The zero-order valence-electron chi connectivity index (χ0n) is 13.3. The minimum Gasteiger partial charge on any atom is -0.389 e. The number of benzene rings is 1. The van der Waals surface area contributed by atoms with Crippen molar-refractivity contribution in [2.45, 2.75) is 27.2 Å². The number of anilines is 1. The Balaban J connectivity index is 2.47. The minimum absolute atomic E-state index is 0.00384. The highest BCUT2D eigenvalue weighted by atomic mass is 32.1. The van der Waals surface area contributed by atoms with Gasteiger partial charge in [0.1, 0.15) is 4.99 Å². The van der Waals surface area contributed by atoms with Gasteiger partial charge < -0.3 is 16.0 Å². The largest absolute Gasteiger partial charge is 0.389 e. The van der Waals surface area contributed by atoms with Crippen LogP contribution < -0.4 is 11.1 Å². The molecule has 0 heterocycles. The molecule has 0 saturated carbocycles. The fourth-order valence-corrected chi connectivity index (χ4v) is 2.28. The maximum atomic E-state index is 12.0. The molecule has 1 aromatic rings. The van der Waals surface area contributed by atoms with Crippen LogP contribution in [0.4, 0.5) is 5.69 Å². The molecule has 0 bridgehead atoms. The van der Waals surface area contributed by atoms with Crippen LogP contribution in [0, 0.1) is 5.41 Å². The SMILES string of the molecule is CN(CCC(=O)Nc1cccc(C(N)=S)c1)CC(C)(C)C. The lowest BCUT2D eigenvalue weighted by Crippen LogP contribution is -2.31. The minimum atomic E-state index is -0.00384. The van der Waals surface area contributed by atoms with E-state index >= 15 is 0 Å². The topological polar surface area (TPSA) is 58.4 Å². The number of nitrogens with zero attached hydrogens (tertiary/aromatic N) is 1. The van der Waals surface area contributed by atoms with E-state index in [1.807, 2.05) is 25.2 Å². The van der Waals surface area contributed by atoms with Crippen molar-refractivity contribution >= 4 is 28.8 Å². The Labute approximate surface area is 132 Å². The summed E-state index contributed by atoms with van der Waals surface area (Å²) < 4.78 is 0. The van der Waals surface area contributed by atoms with Crippen molar-refractivity contribution in [3.8, 4) is 0 Å². The summed E-state index contributed by atoms with van der Waals surface area (Å²) in [5, 5.41) is 2.87. The van der Waals surface area contributed by atoms with Gasteiger partial charge in [0.25, 0.3) is 0 Å². The second kappa shape index (κ2) is 7.52. The quantitative estimate of drug-likeness (QED) is 0.793. The molecule has 0 radical (unpaired) electrons. The summed E-state index contributed by atoms with van der Waals surface area (Å²) in [6.45, 7) is 8.25. The molecule has 21 heavy (non-hydrogen) atoms. The Kier molecular flexibility index (Phi) is 6.30. The maximum Gasteiger partial charge on any atom is 0.225 e. The van der Waals surface area contributed by atoms with E-state index in [1.54, 1.807) is 6.07 Å². The Hall–Kier alpha value is -1.46. The zero-order chi connectivity index (χ0) is 16.0. The lowest BCUT2D eigenvalue weighted by atomic mass is 9.96. The average molecular weight is 307 g/mol. The molecule has 4 nitrogen and oxygen atoms in total. The van der Waals surface area contributed by atoms with Crippen LogP contribution in [-0.4, -0.2) is 35.9 Å². The molecule has 1 rings (SSSR count). The summed E-state index contributed by atoms with van der Waals surface area (Å²) in [6, 6.07) is 7.28. The van der Waals surface area contributed by atoms with Gasteiger partial charge in [-0.25, -0.2) is 0 Å². The van der Waals surface area contributed by atoms with Gasteiger partial charge in [0, 0.05) is 30.8 Å². The first-order valence-electron chi connectivity index (χ1n) is 7.06. The van der Waals surface area contributed by atoms with E-state index in [0.717, 1.165) is 24.3 Å². The van der Waals surface area contributed by atoms with Gasteiger partial charge in [0.2, 0.25) is 5.91 Å². The van der Waals surface area contributed by atoms with Crippen molar-refractivity contribution in [2.24, 2.45) is 11.1 Å². The predicted molar refractivity (Wildman–Crippen MR) is 92.5 cm³/mol. The number of rotatable bonds is 6. The predicted octanol–water partition coefficient (Wildman–Crippen LogP) is 2.63. The Morgan fingerprint density at radius 2 is 2.05 bits per heavy atom. The molecule has 3 N–H and O–H groups in total. The van der Waals surface area contributed by atoms with Crippen LogP contribution >= 0.6 is 12.2 Å². The number of carbonyl (C=O) groups excluding carboxylic acids is 1. The van der Waals surface area contributed by atoms with Gasteiger partial charge in [0.05, 0.1) is 0 Å². The van der Waals surface area contributed by atoms with E-state index in [4.69, 9.17) is 18.0 Å². The Morgan fingerprint density at radius 1 is 1.38 bits per heavy atom. The number of thiocarbonyl (C=S) groups is 1. The van der Waals surface area contributed by atoms with Crippen LogP contribution in [-0.2, 0) is 4.79 Å². The average Bonchev–Trinajstić information content (AvgIpc) is 2.34. The van der Waals surface area contributed by atoms with Crippen molar-refractivity contribution in [2.75, 3.05) is 25.5 Å². The molecule has 1 aromatic carbocycles. The van der Waals surface area contributed by atoms with E-state index in [1.165, 1.54) is 0 Å². The molecular formula is C16H25N3OS. The fraction of sp³-hybridized carbons (Fsp3) is 0.500. The standard InChI is InChI=1S/C16H25N3OS/c1-16(2,3)11-19(4)9-8-14(20)18-13-7-5-6-12(10-13)15(17)21/h5-7,10H,8-9,11H2,1-4H3,(H2,17,21)(H,18,20). The summed E-state index contributed by atoms with van der Waals surface area (Å²) in [5.74, 6) is -0.00384. The number of nitrogens with one attached hydrogen (secondary N) is 1. The third kappa shape index (κ3) is 7.20. The first-order chi connectivity index (χ1) is 9.67. The van der Waals surface area contributed by atoms with Crippen molar-refractivity contribution in [3.63, 3.8) is 0 Å². The van der Waals surface area contributed by atoms with E-state index in [9.17, 15) is 4.79 Å². The first-order valence-corrected chi connectivity index (χ1v) is 7.46. The molecule has 0 aliphatic heterocycles. The highest BCUT2D eigenvalue weighted by molar-refractivity contribution is 7.80. The number of hydrogen-bond acceptors (Lipinski definition) is 3. The van der Waals surface area contributed by atoms with Crippen molar-refractivity contribution in [1.82, 2.24) is 4.90 Å². The lowest BCUT2D eigenvalue weighted by Gasteiger charge is -2.26. The van der Waals surface area contributed by atoms with E-state index < -0.39 is 0 Å². The Morgan fingerprint density at radius 3 is 2.62 bits per heavy atom. The third-order valence-corrected chi connectivity index (χ3v) is 3.13. The van der Waals surface area contributed by atoms with Gasteiger partial charge in [-0.15, -0.1) is 0 Å². The highest BCUT2D eigenvalue weighted by Gasteiger charge is 2.14. The van der Waals surface area contributed by atoms with Crippen LogP contribution in [0.1, 0.15) is 32.8 Å². The molecule has 5 heteroatoms. The molecule has 0 aliphatic carbocycles. The zero-order valence-corrected chi connectivity index (χ0v) is 14.1. The number of hydrogen-bond donors (Lipinski definition) is 2. The highest BCUT2D eigenvalue weighted by Crippen LogP contribution is 2.14. The van der Waals surface area contributed by atoms with E-state index in [0.29, 0.717) is 11.4 Å². The molecule has 0 unspecified atom stereocenters. The summed E-state index contributed by atoms with van der Waals surface area (Å²) in [7, 11) is 2.03. The Bertz CT molecular complexity index is 508. The van der Waals surface area contributed by atoms with Crippen LogP contribution in [0.5, 0.6) is 0 Å². The normalized spacial score (nSPS) is 11.5. The van der Waals surface area contributed by atoms with Crippen molar-refractivity contribution in [3.05, 3.63) is 29.8 Å². The van der Waals surface area contributed by atoms with Crippen molar-refractivity contribution in [1.29, 1.82) is 0 Å². The van der Waals surface area contributed by atoms with Crippen LogP contribution in [0.3, 0.4) is 0 Å². The molecule has 0 spiro atoms. The smallest absolute Gasteiger partial charge is 0.225 e. The van der Waals surface area contributed by atoms with Gasteiger partial charge in [-0.05, 0) is 24.6 Å². The number of amides is 1. The van der Waals surface area contributed by atoms with E-state index in [-0.39, 0.29) is 11.3 Å². The molecule has 0 fully saturated rings. The summed E-state index contributed by atoms with van der Waals surface area (Å²) in [5.41, 5.74) is 7.30. The monoisotopic (exact) mass is 307 g/mol. The molecule has 0 saturated heterocycles. The molecular weight excluding hydrogens is 282 g/mol. The van der Waals surface area contributed by atoms with Gasteiger partial charge in [0.15, 0.2) is 0 Å². The number of nitrogens with two attached hydrogens (primary N) is 1. The molecule has 0 atom stereocenters. The maximum absolute atomic E-state index is 12.0. The van der Waals surface area contributed by atoms with Gasteiger partial charge in [-0.1, -0.05) is 45.1 Å². The summed E-state index contributed by atoms with van der Waals surface area (Å²) >= 11 is 4.93. The second-order valence-corrected chi connectivity index (χ2v) is 6.98. The number of carbonyl (C=O) groups is 1. The van der Waals surface area contributed by atoms with E-state index in [2.05, 4.69) is 31.0 Å². The van der Waals surface area contributed by atoms with Gasteiger partial charge in [-0.2, -0.15) is 0 Å².